The average molecular weight is 165 g/mol. The highest BCUT2D eigenvalue weighted by molar-refractivity contribution is 5.88. The van der Waals surface area contributed by atoms with E-state index >= 15 is 0 Å². The van der Waals surface area contributed by atoms with E-state index in [1.165, 1.54) is 12.1 Å². The molecule has 0 aliphatic heterocycles. The van der Waals surface area contributed by atoms with E-state index in [-0.39, 0.29) is 11.6 Å². The molecule has 0 atom stereocenters. The molecule has 1 aromatic carbocycles. The Morgan fingerprint density at radius 2 is 2.17 bits per heavy atom. The molecule has 0 spiro atoms. The van der Waals surface area contributed by atoms with E-state index in [9.17, 15) is 9.50 Å². The van der Waals surface area contributed by atoms with Gasteiger partial charge >= 0.3 is 0 Å². The van der Waals surface area contributed by atoms with Crippen molar-refractivity contribution >= 4 is 10.9 Å². The summed E-state index contributed by atoms with van der Waals surface area (Å²) in [7, 11) is 0. The van der Waals surface area contributed by atoms with Crippen LogP contribution in [0.4, 0.5) is 4.39 Å². The Morgan fingerprint density at radius 1 is 1.42 bits per heavy atom. The number of phenolic OH excluding ortho intramolecular Hbond substituents is 1. The van der Waals surface area contributed by atoms with E-state index in [1.807, 2.05) is 0 Å². The molecule has 0 amide bonds. The van der Waals surface area contributed by atoms with E-state index in [2.05, 4.69) is 4.98 Å². The molecular weight excluding hydrogens is 157 g/mol. The summed E-state index contributed by atoms with van der Waals surface area (Å²) in [5, 5.41) is 9.78. The smallest absolute Gasteiger partial charge is 0.139 e. The lowest BCUT2D eigenvalue weighted by Crippen LogP contribution is -1.77. The molecule has 62 valence electrons. The third-order valence-corrected chi connectivity index (χ3v) is 1.96. The number of halogens is 1. The fourth-order valence-corrected chi connectivity index (χ4v) is 1.35. The Kier molecular flexibility index (Phi) is 1.33. The SMILES string of the molecule is Cc1c[nH]c2c(O)ccc(F)c12. The molecule has 0 fully saturated rings. The number of fused-ring (bicyclic) bond motifs is 1. The first-order valence-electron chi connectivity index (χ1n) is 3.65. The van der Waals surface area contributed by atoms with Crippen molar-refractivity contribution in [2.24, 2.45) is 0 Å². The third kappa shape index (κ3) is 0.794. The number of hydrogen-bond donors (Lipinski definition) is 2. The van der Waals surface area contributed by atoms with E-state index in [0.717, 1.165) is 5.56 Å². The van der Waals surface area contributed by atoms with Gasteiger partial charge in [0.1, 0.15) is 11.6 Å². The monoisotopic (exact) mass is 165 g/mol. The molecule has 0 bridgehead atoms. The minimum atomic E-state index is -0.304. The van der Waals surface area contributed by atoms with Crippen LogP contribution in [0.5, 0.6) is 5.75 Å². The van der Waals surface area contributed by atoms with Crippen LogP contribution < -0.4 is 0 Å². The highest BCUT2D eigenvalue weighted by Crippen LogP contribution is 2.27. The molecular formula is C9H8FNO. The summed E-state index contributed by atoms with van der Waals surface area (Å²) in [6.45, 7) is 1.79. The molecule has 12 heavy (non-hydrogen) atoms. The summed E-state index contributed by atoms with van der Waals surface area (Å²) in [5.41, 5.74) is 1.27. The minimum Gasteiger partial charge on any atom is -0.506 e. The molecule has 0 aliphatic carbocycles. The van der Waals surface area contributed by atoms with E-state index < -0.39 is 0 Å². The summed E-state index contributed by atoms with van der Waals surface area (Å²) < 4.78 is 13.1. The first-order chi connectivity index (χ1) is 5.70. The molecule has 2 aromatic rings. The average Bonchev–Trinajstić information content (AvgIpc) is 2.42. The molecule has 2 nitrogen and oxygen atoms in total. The van der Waals surface area contributed by atoms with Crippen LogP contribution in [0.25, 0.3) is 10.9 Å². The van der Waals surface area contributed by atoms with Crippen LogP contribution in [0, 0.1) is 12.7 Å². The number of rotatable bonds is 0. The summed E-state index contributed by atoms with van der Waals surface area (Å²) in [6.07, 6.45) is 1.67. The Hall–Kier alpha value is -1.51. The van der Waals surface area contributed by atoms with Gasteiger partial charge in [0, 0.05) is 11.6 Å². The second-order valence-electron chi connectivity index (χ2n) is 2.79. The predicted octanol–water partition coefficient (Wildman–Crippen LogP) is 2.32. The number of hydrogen-bond acceptors (Lipinski definition) is 1. The number of aromatic amines is 1. The van der Waals surface area contributed by atoms with Crippen LogP contribution in [0.3, 0.4) is 0 Å². The van der Waals surface area contributed by atoms with Crippen LogP contribution in [-0.2, 0) is 0 Å². The fourth-order valence-electron chi connectivity index (χ4n) is 1.35. The minimum absolute atomic E-state index is 0.0829. The van der Waals surface area contributed by atoms with Crippen LogP contribution in [0.1, 0.15) is 5.56 Å². The second-order valence-corrected chi connectivity index (χ2v) is 2.79. The van der Waals surface area contributed by atoms with Gasteiger partial charge in [0.25, 0.3) is 0 Å². The number of benzene rings is 1. The van der Waals surface area contributed by atoms with Crippen molar-refractivity contribution in [1.29, 1.82) is 0 Å². The van der Waals surface area contributed by atoms with E-state index in [1.54, 1.807) is 13.1 Å². The summed E-state index contributed by atoms with van der Waals surface area (Å²) >= 11 is 0. The zero-order valence-electron chi connectivity index (χ0n) is 6.56. The number of nitrogens with one attached hydrogen (secondary N) is 1. The number of H-pyrrole nitrogens is 1. The largest absolute Gasteiger partial charge is 0.506 e. The maximum Gasteiger partial charge on any atom is 0.139 e. The van der Waals surface area contributed by atoms with Gasteiger partial charge in [-0.05, 0) is 24.6 Å². The zero-order valence-corrected chi connectivity index (χ0v) is 6.56. The van der Waals surface area contributed by atoms with Crippen LogP contribution >= 0.6 is 0 Å². The van der Waals surface area contributed by atoms with Gasteiger partial charge in [0.05, 0.1) is 5.52 Å². The maximum absolute atomic E-state index is 13.1. The van der Waals surface area contributed by atoms with Crippen molar-refractivity contribution in [3.63, 3.8) is 0 Å². The third-order valence-electron chi connectivity index (χ3n) is 1.96. The first-order valence-corrected chi connectivity index (χ1v) is 3.65. The molecule has 0 saturated heterocycles. The number of aromatic nitrogens is 1. The number of phenols is 1. The lowest BCUT2D eigenvalue weighted by atomic mass is 10.2. The van der Waals surface area contributed by atoms with Crippen LogP contribution in [0.2, 0.25) is 0 Å². The Labute approximate surface area is 68.6 Å². The van der Waals surface area contributed by atoms with Crippen molar-refractivity contribution in [1.82, 2.24) is 4.98 Å². The molecule has 2 N–H and O–H groups in total. The lowest BCUT2D eigenvalue weighted by Gasteiger charge is -1.96. The van der Waals surface area contributed by atoms with Crippen LogP contribution in [-0.4, -0.2) is 10.1 Å². The van der Waals surface area contributed by atoms with Gasteiger partial charge in [0.2, 0.25) is 0 Å². The van der Waals surface area contributed by atoms with Gasteiger partial charge in [-0.3, -0.25) is 0 Å². The van der Waals surface area contributed by atoms with Gasteiger partial charge in [-0.1, -0.05) is 0 Å². The topological polar surface area (TPSA) is 36.0 Å². The van der Waals surface area contributed by atoms with E-state index in [0.29, 0.717) is 10.9 Å². The first kappa shape index (κ1) is 7.16. The maximum atomic E-state index is 13.1. The predicted molar refractivity (Wildman–Crippen MR) is 44.7 cm³/mol. The van der Waals surface area contributed by atoms with Crippen molar-refractivity contribution < 1.29 is 9.50 Å². The van der Waals surface area contributed by atoms with Gasteiger partial charge in [-0.2, -0.15) is 0 Å². The zero-order chi connectivity index (χ0) is 8.72. The Balaban J connectivity index is 2.98. The quantitative estimate of drug-likeness (QED) is 0.617. The number of aryl methyl sites for hydroxylation is 1. The lowest BCUT2D eigenvalue weighted by molar-refractivity contribution is 0.479. The summed E-state index contributed by atoms with van der Waals surface area (Å²) in [6, 6.07) is 2.60. The van der Waals surface area contributed by atoms with Gasteiger partial charge in [0.15, 0.2) is 0 Å². The molecule has 2 rings (SSSR count). The summed E-state index contributed by atoms with van der Waals surface area (Å²) in [4.78, 5) is 2.81. The van der Waals surface area contributed by atoms with Gasteiger partial charge < -0.3 is 10.1 Å². The standard InChI is InChI=1S/C9H8FNO/c1-5-4-11-9-7(12)3-2-6(10)8(5)9/h2-4,11-12H,1H3. The molecule has 3 heteroatoms. The Morgan fingerprint density at radius 3 is 2.83 bits per heavy atom. The van der Waals surface area contributed by atoms with Crippen molar-refractivity contribution in [2.75, 3.05) is 0 Å². The van der Waals surface area contributed by atoms with Crippen LogP contribution in [0.15, 0.2) is 18.3 Å². The van der Waals surface area contributed by atoms with E-state index in [4.69, 9.17) is 0 Å². The highest BCUT2D eigenvalue weighted by atomic mass is 19.1. The number of aromatic hydroxyl groups is 1. The molecule has 0 saturated carbocycles. The second kappa shape index (κ2) is 2.24. The fraction of sp³-hybridized carbons (Fsp3) is 0.111. The molecule has 0 unspecified atom stereocenters. The molecule has 1 aromatic heterocycles. The highest BCUT2D eigenvalue weighted by Gasteiger charge is 2.08. The molecule has 0 radical (unpaired) electrons. The Bertz CT molecular complexity index is 433. The molecule has 1 heterocycles. The van der Waals surface area contributed by atoms with Crippen molar-refractivity contribution in [2.45, 2.75) is 6.92 Å². The van der Waals surface area contributed by atoms with Gasteiger partial charge in [-0.15, -0.1) is 0 Å². The van der Waals surface area contributed by atoms with Crippen molar-refractivity contribution in [3.05, 3.63) is 29.7 Å². The normalized spacial score (nSPS) is 10.8. The molecule has 0 aliphatic rings. The van der Waals surface area contributed by atoms with Crippen molar-refractivity contribution in [3.8, 4) is 5.75 Å². The summed E-state index contributed by atoms with van der Waals surface area (Å²) in [5.74, 6) is -0.221. The van der Waals surface area contributed by atoms with Gasteiger partial charge in [-0.25, -0.2) is 4.39 Å².